The Hall–Kier alpha value is -0.980. The average Bonchev–Trinajstić information content (AvgIpc) is 2.16. The summed E-state index contributed by atoms with van der Waals surface area (Å²) in [5.74, 6) is 1.48. The van der Waals surface area contributed by atoms with Gasteiger partial charge in [0.15, 0.2) is 0 Å². The van der Waals surface area contributed by atoms with E-state index in [1.165, 1.54) is 0 Å². The van der Waals surface area contributed by atoms with Crippen molar-refractivity contribution in [3.63, 3.8) is 0 Å². The molecule has 0 aliphatic heterocycles. The van der Waals surface area contributed by atoms with Crippen LogP contribution in [0.4, 0.5) is 0 Å². The van der Waals surface area contributed by atoms with Crippen LogP contribution in [0.1, 0.15) is 13.3 Å². The first-order valence-corrected chi connectivity index (χ1v) is 4.30. The molecule has 1 nitrogen and oxygen atoms in total. The summed E-state index contributed by atoms with van der Waals surface area (Å²) in [5.41, 5.74) is 0. The molecular formula is C11H15O. The predicted octanol–water partition coefficient (Wildman–Crippen LogP) is 2.93. The average molecular weight is 163 g/mol. The van der Waals surface area contributed by atoms with Crippen molar-refractivity contribution in [2.45, 2.75) is 13.3 Å². The second-order valence-electron chi connectivity index (χ2n) is 3.02. The second kappa shape index (κ2) is 4.81. The zero-order chi connectivity index (χ0) is 8.81. The minimum absolute atomic E-state index is 0.533. The molecule has 0 saturated carbocycles. The van der Waals surface area contributed by atoms with Crippen molar-refractivity contribution < 1.29 is 4.74 Å². The molecule has 65 valence electrons. The lowest BCUT2D eigenvalue weighted by molar-refractivity contribution is 0.261. The fraction of sp³-hybridized carbons (Fsp3) is 0.364. The minimum atomic E-state index is 0.533. The van der Waals surface area contributed by atoms with Crippen LogP contribution in [-0.4, -0.2) is 6.61 Å². The normalized spacial score (nSPS) is 12.5. The zero-order valence-corrected chi connectivity index (χ0v) is 7.49. The molecule has 0 spiro atoms. The first kappa shape index (κ1) is 9.11. The van der Waals surface area contributed by atoms with Crippen molar-refractivity contribution in [1.29, 1.82) is 0 Å². The van der Waals surface area contributed by atoms with Gasteiger partial charge in [0.25, 0.3) is 0 Å². The lowest BCUT2D eigenvalue weighted by Crippen LogP contribution is -2.06. The van der Waals surface area contributed by atoms with Crippen LogP contribution in [0.25, 0.3) is 0 Å². The molecule has 1 atom stereocenters. The van der Waals surface area contributed by atoms with E-state index in [1.54, 1.807) is 0 Å². The number of para-hydroxylation sites is 1. The molecule has 1 heteroatoms. The van der Waals surface area contributed by atoms with Crippen molar-refractivity contribution in [3.05, 3.63) is 37.3 Å². The number of benzene rings is 1. The molecule has 0 heterocycles. The molecule has 1 aromatic carbocycles. The maximum Gasteiger partial charge on any atom is 0.119 e. The molecule has 0 saturated heterocycles. The standard InChI is InChI=1S/C11H15O/c1-3-10(2)9-12-11-7-5-4-6-8-11/h4-8,10H,1,3,9H2,2H3. The Kier molecular flexibility index (Phi) is 3.65. The van der Waals surface area contributed by atoms with E-state index < -0.39 is 0 Å². The Morgan fingerprint density at radius 1 is 1.33 bits per heavy atom. The molecule has 1 unspecified atom stereocenters. The van der Waals surface area contributed by atoms with Gasteiger partial charge in [0.05, 0.1) is 6.61 Å². The fourth-order valence-electron chi connectivity index (χ4n) is 0.839. The minimum Gasteiger partial charge on any atom is -0.493 e. The molecule has 1 aromatic rings. The van der Waals surface area contributed by atoms with E-state index in [0.717, 1.165) is 18.8 Å². The quantitative estimate of drug-likeness (QED) is 0.663. The summed E-state index contributed by atoms with van der Waals surface area (Å²) in [6.45, 7) is 6.71. The first-order chi connectivity index (χ1) is 5.83. The van der Waals surface area contributed by atoms with E-state index in [1.807, 2.05) is 30.3 Å². The highest BCUT2D eigenvalue weighted by Crippen LogP contribution is 2.10. The van der Waals surface area contributed by atoms with Gasteiger partial charge in [-0.05, 0) is 24.5 Å². The van der Waals surface area contributed by atoms with E-state index in [4.69, 9.17) is 4.74 Å². The monoisotopic (exact) mass is 163 g/mol. The van der Waals surface area contributed by atoms with Crippen molar-refractivity contribution in [3.8, 4) is 5.75 Å². The smallest absolute Gasteiger partial charge is 0.119 e. The number of rotatable bonds is 4. The van der Waals surface area contributed by atoms with E-state index >= 15 is 0 Å². The van der Waals surface area contributed by atoms with Crippen LogP contribution in [0.5, 0.6) is 5.75 Å². The molecule has 0 bridgehead atoms. The molecule has 0 aliphatic carbocycles. The number of hydrogen-bond acceptors (Lipinski definition) is 1. The molecule has 0 amide bonds. The van der Waals surface area contributed by atoms with Gasteiger partial charge in [-0.15, -0.1) is 0 Å². The van der Waals surface area contributed by atoms with Crippen LogP contribution >= 0.6 is 0 Å². The third-order valence-corrected chi connectivity index (χ3v) is 1.77. The fourth-order valence-corrected chi connectivity index (χ4v) is 0.839. The van der Waals surface area contributed by atoms with Gasteiger partial charge >= 0.3 is 0 Å². The van der Waals surface area contributed by atoms with Gasteiger partial charge in [0.2, 0.25) is 0 Å². The van der Waals surface area contributed by atoms with E-state index in [2.05, 4.69) is 13.8 Å². The van der Waals surface area contributed by atoms with Crippen LogP contribution in [-0.2, 0) is 0 Å². The van der Waals surface area contributed by atoms with Crippen LogP contribution < -0.4 is 4.74 Å². The van der Waals surface area contributed by atoms with Crippen molar-refractivity contribution >= 4 is 0 Å². The Bertz CT molecular complexity index is 206. The molecule has 12 heavy (non-hydrogen) atoms. The van der Waals surface area contributed by atoms with E-state index in [9.17, 15) is 0 Å². The summed E-state index contributed by atoms with van der Waals surface area (Å²) in [4.78, 5) is 0. The highest BCUT2D eigenvalue weighted by Gasteiger charge is 1.98. The van der Waals surface area contributed by atoms with Gasteiger partial charge < -0.3 is 4.74 Å². The molecule has 0 N–H and O–H groups in total. The molecule has 0 aromatic heterocycles. The van der Waals surface area contributed by atoms with Gasteiger partial charge in [0, 0.05) is 0 Å². The Morgan fingerprint density at radius 3 is 2.58 bits per heavy atom. The van der Waals surface area contributed by atoms with Crippen LogP contribution in [0, 0.1) is 12.8 Å². The summed E-state index contributed by atoms with van der Waals surface area (Å²) in [6, 6.07) is 9.87. The van der Waals surface area contributed by atoms with Gasteiger partial charge in [-0.2, -0.15) is 0 Å². The Balaban J connectivity index is 2.33. The predicted molar refractivity (Wildman–Crippen MR) is 51.1 cm³/mol. The van der Waals surface area contributed by atoms with Gasteiger partial charge in [-0.25, -0.2) is 0 Å². The molecule has 0 fully saturated rings. The summed E-state index contributed by atoms with van der Waals surface area (Å²) in [5, 5.41) is 0. The largest absolute Gasteiger partial charge is 0.493 e. The van der Waals surface area contributed by atoms with Gasteiger partial charge in [0.1, 0.15) is 5.75 Å². The topological polar surface area (TPSA) is 9.23 Å². The first-order valence-electron chi connectivity index (χ1n) is 4.30. The summed E-state index contributed by atoms with van der Waals surface area (Å²) >= 11 is 0. The molecular weight excluding hydrogens is 148 g/mol. The molecule has 1 radical (unpaired) electrons. The summed E-state index contributed by atoms with van der Waals surface area (Å²) in [7, 11) is 0. The molecule has 1 rings (SSSR count). The highest BCUT2D eigenvalue weighted by molar-refractivity contribution is 5.20. The van der Waals surface area contributed by atoms with E-state index in [0.29, 0.717) is 5.92 Å². The second-order valence-corrected chi connectivity index (χ2v) is 3.02. The van der Waals surface area contributed by atoms with Gasteiger partial charge in [-0.1, -0.05) is 32.0 Å². The lowest BCUT2D eigenvalue weighted by Gasteiger charge is -2.10. The SMILES string of the molecule is [CH2]CC(C)COc1ccccc1. The Labute approximate surface area is 74.4 Å². The lowest BCUT2D eigenvalue weighted by atomic mass is 10.1. The third-order valence-electron chi connectivity index (χ3n) is 1.77. The van der Waals surface area contributed by atoms with Crippen LogP contribution in [0.2, 0.25) is 0 Å². The van der Waals surface area contributed by atoms with Crippen molar-refractivity contribution in [2.75, 3.05) is 6.61 Å². The summed E-state index contributed by atoms with van der Waals surface area (Å²) < 4.78 is 5.52. The third kappa shape index (κ3) is 2.95. The van der Waals surface area contributed by atoms with E-state index in [-0.39, 0.29) is 0 Å². The van der Waals surface area contributed by atoms with Crippen molar-refractivity contribution in [1.82, 2.24) is 0 Å². The Morgan fingerprint density at radius 2 is 2.00 bits per heavy atom. The number of hydrogen-bond donors (Lipinski definition) is 0. The number of ether oxygens (including phenoxy) is 1. The molecule has 0 aliphatic rings. The van der Waals surface area contributed by atoms with Crippen LogP contribution in [0.3, 0.4) is 0 Å². The zero-order valence-electron chi connectivity index (χ0n) is 7.49. The van der Waals surface area contributed by atoms with Gasteiger partial charge in [-0.3, -0.25) is 0 Å². The highest BCUT2D eigenvalue weighted by atomic mass is 16.5. The van der Waals surface area contributed by atoms with Crippen molar-refractivity contribution in [2.24, 2.45) is 5.92 Å². The maximum absolute atomic E-state index is 5.52. The summed E-state index contributed by atoms with van der Waals surface area (Å²) in [6.07, 6.45) is 0.923. The maximum atomic E-state index is 5.52. The van der Waals surface area contributed by atoms with Crippen LogP contribution in [0.15, 0.2) is 30.3 Å².